The van der Waals surface area contributed by atoms with Crippen molar-refractivity contribution >= 4 is 46.0 Å². The highest BCUT2D eigenvalue weighted by atomic mass is 127. The maximum atomic E-state index is 15.0. The Hall–Kier alpha value is -4.59. The number of nitrogens with zero attached hydrogens (tertiary/aromatic N) is 4. The van der Waals surface area contributed by atoms with Gasteiger partial charge in [-0.05, 0) is 83.6 Å². The number of hydrogen-bond donors (Lipinski definition) is 0. The van der Waals surface area contributed by atoms with Crippen LogP contribution in [0.1, 0.15) is 40.0 Å². The molecule has 12 heteroatoms. The molecule has 0 fully saturated rings. The largest absolute Gasteiger partial charge is 0.497 e. The molecule has 0 saturated carbocycles. The molecule has 43 heavy (non-hydrogen) atoms. The van der Waals surface area contributed by atoms with Crippen LogP contribution in [0.25, 0.3) is 5.69 Å². The Bertz CT molecular complexity index is 1920. The fraction of sp³-hybridized carbons (Fsp3) is 0.194. The van der Waals surface area contributed by atoms with E-state index in [1.54, 1.807) is 49.4 Å². The van der Waals surface area contributed by atoms with Crippen molar-refractivity contribution in [1.82, 2.24) is 14.0 Å². The number of amides is 1. The predicted octanol–water partition coefficient (Wildman–Crippen LogP) is 4.24. The average molecular weight is 696 g/mol. The fourth-order valence-electron chi connectivity index (χ4n) is 4.98. The van der Waals surface area contributed by atoms with Gasteiger partial charge in [-0.3, -0.25) is 23.6 Å². The summed E-state index contributed by atoms with van der Waals surface area (Å²) in [5, 5.41) is 0. The molecule has 5 rings (SSSR count). The Balaban J connectivity index is 1.86. The molecule has 1 unspecified atom stereocenters. The number of hydrogen-bond acceptors (Lipinski definition) is 7. The molecular formula is C31H26FIN4O6. The van der Waals surface area contributed by atoms with Crippen LogP contribution in [-0.4, -0.2) is 53.0 Å². The number of esters is 1. The predicted molar refractivity (Wildman–Crippen MR) is 166 cm³/mol. The van der Waals surface area contributed by atoms with Gasteiger partial charge in [-0.15, -0.1) is 0 Å². The normalized spacial score (nSPS) is 15.4. The minimum absolute atomic E-state index is 0.0378. The van der Waals surface area contributed by atoms with Crippen LogP contribution in [0.3, 0.4) is 0 Å². The van der Waals surface area contributed by atoms with E-state index in [4.69, 9.17) is 9.47 Å². The molecule has 0 aliphatic carbocycles. The minimum atomic E-state index is -0.960. The zero-order chi connectivity index (χ0) is 31.0. The number of methoxy groups -OCH3 is 2. The van der Waals surface area contributed by atoms with Gasteiger partial charge in [0.25, 0.3) is 5.56 Å². The summed E-state index contributed by atoms with van der Waals surface area (Å²) >= 11 is 1.97. The first-order chi connectivity index (χ1) is 20.5. The number of fused-ring (bicyclic) bond motifs is 1. The Morgan fingerprint density at radius 1 is 1.02 bits per heavy atom. The van der Waals surface area contributed by atoms with Crippen LogP contribution in [0.5, 0.6) is 5.75 Å². The van der Waals surface area contributed by atoms with Crippen molar-refractivity contribution in [2.45, 2.75) is 19.4 Å². The van der Waals surface area contributed by atoms with E-state index < -0.39 is 34.9 Å². The van der Waals surface area contributed by atoms with Gasteiger partial charge in [-0.1, -0.05) is 18.2 Å². The summed E-state index contributed by atoms with van der Waals surface area (Å²) < 4.78 is 28.0. The SMILES string of the molecule is COC(=O)c1cccc(-n2c3c(c(=O)n(Cc4ccc(OC)cc4)c2=O)C(=Nc2ccc(I)cc2F)N(C)C(=O)C3C)c1. The van der Waals surface area contributed by atoms with Crippen molar-refractivity contribution in [3.8, 4) is 11.4 Å². The van der Waals surface area contributed by atoms with E-state index in [0.717, 1.165) is 4.57 Å². The average Bonchev–Trinajstić information content (AvgIpc) is 3.01. The van der Waals surface area contributed by atoms with Gasteiger partial charge in [0, 0.05) is 10.6 Å². The zero-order valence-corrected chi connectivity index (χ0v) is 25.8. The molecule has 2 heterocycles. The third kappa shape index (κ3) is 5.49. The third-order valence-corrected chi connectivity index (χ3v) is 7.86. The summed E-state index contributed by atoms with van der Waals surface area (Å²) in [5.41, 5.74) is -0.447. The number of likely N-dealkylation sites (N-methyl/N-ethyl adjacent to an activating group) is 1. The lowest BCUT2D eigenvalue weighted by Crippen LogP contribution is -2.52. The van der Waals surface area contributed by atoms with Crippen LogP contribution in [0.15, 0.2) is 81.3 Å². The van der Waals surface area contributed by atoms with Gasteiger partial charge in [0.15, 0.2) is 0 Å². The summed E-state index contributed by atoms with van der Waals surface area (Å²) in [6, 6.07) is 17.4. The number of carbonyl (C=O) groups is 2. The number of aliphatic imine (C=N–C) groups is 1. The lowest BCUT2D eigenvalue weighted by molar-refractivity contribution is -0.128. The van der Waals surface area contributed by atoms with Gasteiger partial charge in [0.1, 0.15) is 28.7 Å². The van der Waals surface area contributed by atoms with Crippen LogP contribution in [0.4, 0.5) is 10.1 Å². The number of aromatic nitrogens is 2. The lowest BCUT2D eigenvalue weighted by Gasteiger charge is -2.33. The number of ether oxygens (including phenoxy) is 2. The second kappa shape index (κ2) is 12.0. The quantitative estimate of drug-likeness (QED) is 0.220. The second-order valence-electron chi connectivity index (χ2n) is 9.81. The van der Waals surface area contributed by atoms with E-state index >= 15 is 0 Å². The van der Waals surface area contributed by atoms with Crippen molar-refractivity contribution in [3.05, 3.63) is 119 Å². The Kier molecular flexibility index (Phi) is 8.31. The van der Waals surface area contributed by atoms with Crippen molar-refractivity contribution in [2.75, 3.05) is 21.3 Å². The molecule has 1 aromatic heterocycles. The van der Waals surface area contributed by atoms with Crippen molar-refractivity contribution < 1.29 is 23.5 Å². The highest BCUT2D eigenvalue weighted by molar-refractivity contribution is 14.1. The van der Waals surface area contributed by atoms with E-state index in [9.17, 15) is 23.6 Å². The molecule has 4 aromatic rings. The maximum Gasteiger partial charge on any atom is 0.337 e. The Morgan fingerprint density at radius 2 is 1.74 bits per heavy atom. The van der Waals surface area contributed by atoms with E-state index in [2.05, 4.69) is 4.99 Å². The first-order valence-electron chi connectivity index (χ1n) is 13.1. The Labute approximate surface area is 259 Å². The van der Waals surface area contributed by atoms with Gasteiger partial charge in [-0.2, -0.15) is 0 Å². The van der Waals surface area contributed by atoms with Gasteiger partial charge in [0.2, 0.25) is 5.91 Å². The topological polar surface area (TPSA) is 112 Å². The van der Waals surface area contributed by atoms with E-state index in [1.165, 1.54) is 55.0 Å². The van der Waals surface area contributed by atoms with Gasteiger partial charge in [0.05, 0.1) is 43.6 Å². The monoisotopic (exact) mass is 696 g/mol. The van der Waals surface area contributed by atoms with Gasteiger partial charge < -0.3 is 9.47 Å². The molecule has 1 atom stereocenters. The molecular weight excluding hydrogens is 670 g/mol. The van der Waals surface area contributed by atoms with E-state index in [-0.39, 0.29) is 40.6 Å². The second-order valence-corrected chi connectivity index (χ2v) is 11.1. The number of rotatable bonds is 6. The van der Waals surface area contributed by atoms with Crippen molar-refractivity contribution in [2.24, 2.45) is 4.99 Å². The molecule has 0 radical (unpaired) electrons. The smallest absolute Gasteiger partial charge is 0.337 e. The zero-order valence-electron chi connectivity index (χ0n) is 23.6. The highest BCUT2D eigenvalue weighted by Gasteiger charge is 2.39. The standard InChI is InChI=1S/C31H26FIN4O6/c1-17-26-25(27(35(2)28(17)38)34-24-13-10-20(33)15-23(24)32)29(39)36(16-18-8-11-22(42-3)12-9-18)31(41)37(26)21-7-5-6-19(14-21)30(40)43-4/h5-15,17H,16H2,1-4H3. The summed E-state index contributed by atoms with van der Waals surface area (Å²) in [5.74, 6) is -2.19. The fourth-order valence-corrected chi connectivity index (χ4v) is 5.43. The Morgan fingerprint density at radius 3 is 2.40 bits per heavy atom. The third-order valence-electron chi connectivity index (χ3n) is 7.19. The van der Waals surface area contributed by atoms with Crippen LogP contribution in [0, 0.1) is 9.39 Å². The number of benzene rings is 3. The van der Waals surface area contributed by atoms with Crippen molar-refractivity contribution in [1.29, 1.82) is 0 Å². The van der Waals surface area contributed by atoms with E-state index in [0.29, 0.717) is 14.9 Å². The van der Waals surface area contributed by atoms with Crippen LogP contribution in [-0.2, 0) is 16.1 Å². The number of amidine groups is 1. The molecule has 0 bridgehead atoms. The summed E-state index contributed by atoms with van der Waals surface area (Å²) in [6.45, 7) is 1.45. The molecule has 1 amide bonds. The summed E-state index contributed by atoms with van der Waals surface area (Å²) in [4.78, 5) is 60.0. The summed E-state index contributed by atoms with van der Waals surface area (Å²) in [7, 11) is 4.22. The first-order valence-corrected chi connectivity index (χ1v) is 14.2. The van der Waals surface area contributed by atoms with Crippen LogP contribution >= 0.6 is 22.6 Å². The number of halogens is 2. The van der Waals surface area contributed by atoms with Crippen LogP contribution < -0.4 is 16.0 Å². The maximum absolute atomic E-state index is 15.0. The molecule has 1 aliphatic rings. The highest BCUT2D eigenvalue weighted by Crippen LogP contribution is 2.31. The van der Waals surface area contributed by atoms with Gasteiger partial charge >= 0.3 is 11.7 Å². The molecule has 0 saturated heterocycles. The van der Waals surface area contributed by atoms with E-state index in [1.807, 2.05) is 22.6 Å². The first kappa shape index (κ1) is 29.9. The van der Waals surface area contributed by atoms with Gasteiger partial charge in [-0.25, -0.2) is 19.0 Å². The molecule has 10 nitrogen and oxygen atoms in total. The molecule has 0 spiro atoms. The molecule has 220 valence electrons. The van der Waals surface area contributed by atoms with Crippen molar-refractivity contribution in [3.63, 3.8) is 0 Å². The molecule has 1 aliphatic heterocycles. The van der Waals surface area contributed by atoms with Crippen LogP contribution in [0.2, 0.25) is 0 Å². The summed E-state index contributed by atoms with van der Waals surface area (Å²) in [6.07, 6.45) is 0. The molecule has 0 N–H and O–H groups in total. The number of carbonyl (C=O) groups excluding carboxylic acids is 2. The lowest BCUT2D eigenvalue weighted by atomic mass is 9.94. The molecule has 3 aromatic carbocycles. The minimum Gasteiger partial charge on any atom is -0.497 e.